The first kappa shape index (κ1) is 24.1. The minimum atomic E-state index is -3.77. The lowest BCUT2D eigenvalue weighted by molar-refractivity contribution is -0.153. The van der Waals surface area contributed by atoms with Gasteiger partial charge in [-0.3, -0.25) is 9.59 Å². The fourth-order valence-electron chi connectivity index (χ4n) is 3.79. The largest absolute Gasteiger partial charge is 0.467 e. The summed E-state index contributed by atoms with van der Waals surface area (Å²) in [5, 5.41) is 2.75. The van der Waals surface area contributed by atoms with E-state index in [1.165, 1.54) is 23.7 Å². The maximum Gasteiger partial charge on any atom is 0.331 e. The first-order valence-corrected chi connectivity index (χ1v) is 11.6. The summed E-state index contributed by atoms with van der Waals surface area (Å²) in [5.74, 6) is -0.605. The molecule has 1 heterocycles. The highest BCUT2D eigenvalue weighted by Crippen LogP contribution is 2.32. The number of hydrogen-bond donors (Lipinski definition) is 1. The standard InChI is InChI=1S/C20H31N3O6S/c1-5-23(6-2)30(27,28)16-7-8-18(25)22(13-16)14-17(24)21-20(19(26)29-4)11-9-15(3)10-12-20/h7-8,13,15H,5-6,9-12,14H2,1-4H3,(H,21,24). The van der Waals surface area contributed by atoms with E-state index in [0.717, 1.165) is 23.5 Å². The number of methoxy groups -OCH3 is 1. The van der Waals surface area contributed by atoms with Gasteiger partial charge in [-0.1, -0.05) is 20.8 Å². The van der Waals surface area contributed by atoms with Gasteiger partial charge in [-0.05, 0) is 37.7 Å². The smallest absolute Gasteiger partial charge is 0.331 e. The summed E-state index contributed by atoms with van der Waals surface area (Å²) in [5.41, 5.74) is -1.62. The van der Waals surface area contributed by atoms with Gasteiger partial charge in [-0.2, -0.15) is 4.31 Å². The van der Waals surface area contributed by atoms with E-state index in [1.807, 2.05) is 0 Å². The number of nitrogens with zero attached hydrogens (tertiary/aromatic N) is 2. The van der Waals surface area contributed by atoms with Gasteiger partial charge >= 0.3 is 5.97 Å². The van der Waals surface area contributed by atoms with Gasteiger partial charge in [0.25, 0.3) is 5.56 Å². The van der Waals surface area contributed by atoms with Crippen LogP contribution in [0, 0.1) is 5.92 Å². The van der Waals surface area contributed by atoms with E-state index in [-0.39, 0.29) is 4.90 Å². The lowest BCUT2D eigenvalue weighted by Gasteiger charge is -2.37. The number of esters is 1. The van der Waals surface area contributed by atoms with Crippen molar-refractivity contribution < 1.29 is 22.7 Å². The molecule has 0 bridgehead atoms. The zero-order valence-electron chi connectivity index (χ0n) is 18.0. The van der Waals surface area contributed by atoms with E-state index in [2.05, 4.69) is 12.2 Å². The van der Waals surface area contributed by atoms with Crippen LogP contribution in [0.15, 0.2) is 28.0 Å². The van der Waals surface area contributed by atoms with Gasteiger partial charge in [0, 0.05) is 25.4 Å². The highest BCUT2D eigenvalue weighted by molar-refractivity contribution is 7.89. The number of nitrogens with one attached hydrogen (secondary N) is 1. The van der Waals surface area contributed by atoms with Gasteiger partial charge in [-0.15, -0.1) is 0 Å². The number of ether oxygens (including phenoxy) is 1. The molecule has 9 nitrogen and oxygen atoms in total. The van der Waals surface area contributed by atoms with E-state index < -0.39 is 39.5 Å². The van der Waals surface area contributed by atoms with E-state index in [9.17, 15) is 22.8 Å². The Bertz CT molecular complexity index is 928. The molecule has 1 aliphatic rings. The number of carbonyl (C=O) groups excluding carboxylic acids is 2. The highest BCUT2D eigenvalue weighted by atomic mass is 32.2. The van der Waals surface area contributed by atoms with Crippen molar-refractivity contribution in [2.45, 2.75) is 63.4 Å². The zero-order valence-corrected chi connectivity index (χ0v) is 18.8. The van der Waals surface area contributed by atoms with E-state index in [0.29, 0.717) is 31.8 Å². The molecular formula is C20H31N3O6S. The SMILES string of the molecule is CCN(CC)S(=O)(=O)c1ccc(=O)n(CC(=O)NC2(C(=O)OC)CCC(C)CC2)c1. The third-order valence-corrected chi connectivity index (χ3v) is 7.73. The van der Waals surface area contributed by atoms with Crippen molar-refractivity contribution >= 4 is 21.9 Å². The van der Waals surface area contributed by atoms with Crippen molar-refractivity contribution in [3.63, 3.8) is 0 Å². The molecule has 0 aromatic carbocycles. The molecule has 10 heteroatoms. The van der Waals surface area contributed by atoms with Crippen LogP contribution in [0.25, 0.3) is 0 Å². The lowest BCUT2D eigenvalue weighted by atomic mass is 9.77. The Labute approximate surface area is 177 Å². The number of pyridine rings is 1. The number of carbonyl (C=O) groups is 2. The predicted molar refractivity (Wildman–Crippen MR) is 111 cm³/mol. The Morgan fingerprint density at radius 2 is 1.83 bits per heavy atom. The molecule has 0 saturated heterocycles. The van der Waals surface area contributed by atoms with Crippen molar-refractivity contribution in [1.29, 1.82) is 0 Å². The minimum Gasteiger partial charge on any atom is -0.467 e. The van der Waals surface area contributed by atoms with Crippen LogP contribution in [-0.4, -0.2) is 54.9 Å². The van der Waals surface area contributed by atoms with E-state index >= 15 is 0 Å². The van der Waals surface area contributed by atoms with Gasteiger partial charge in [0.05, 0.1) is 12.0 Å². The molecule has 0 spiro atoms. The monoisotopic (exact) mass is 441 g/mol. The summed E-state index contributed by atoms with van der Waals surface area (Å²) < 4.78 is 32.7. The summed E-state index contributed by atoms with van der Waals surface area (Å²) in [6, 6.07) is 2.37. The molecule has 0 atom stereocenters. The molecule has 0 radical (unpaired) electrons. The quantitative estimate of drug-likeness (QED) is 0.605. The van der Waals surface area contributed by atoms with Gasteiger partial charge in [-0.25, -0.2) is 13.2 Å². The first-order valence-electron chi connectivity index (χ1n) is 10.2. The van der Waals surface area contributed by atoms with Crippen LogP contribution in [0.2, 0.25) is 0 Å². The Balaban J connectivity index is 2.26. The van der Waals surface area contributed by atoms with Gasteiger partial charge in [0.1, 0.15) is 12.1 Å². The average Bonchev–Trinajstić information content (AvgIpc) is 2.71. The number of sulfonamides is 1. The molecule has 1 saturated carbocycles. The number of aromatic nitrogens is 1. The first-order chi connectivity index (χ1) is 14.1. The normalized spacial score (nSPS) is 22.0. The fraction of sp³-hybridized carbons (Fsp3) is 0.650. The van der Waals surface area contributed by atoms with Crippen molar-refractivity contribution in [2.75, 3.05) is 20.2 Å². The third kappa shape index (κ3) is 5.10. The molecule has 1 fully saturated rings. The second-order valence-electron chi connectivity index (χ2n) is 7.72. The summed E-state index contributed by atoms with van der Waals surface area (Å²) in [7, 11) is -2.49. The zero-order chi connectivity index (χ0) is 22.5. The molecule has 1 aromatic rings. The second-order valence-corrected chi connectivity index (χ2v) is 9.66. The average molecular weight is 442 g/mol. The number of amides is 1. The fourth-order valence-corrected chi connectivity index (χ4v) is 5.27. The van der Waals surface area contributed by atoms with Gasteiger partial charge < -0.3 is 14.6 Å². The Morgan fingerprint density at radius 3 is 2.37 bits per heavy atom. The van der Waals surface area contributed by atoms with Crippen LogP contribution in [0.1, 0.15) is 46.5 Å². The lowest BCUT2D eigenvalue weighted by Crippen LogP contribution is -2.57. The third-order valence-electron chi connectivity index (χ3n) is 5.70. The maximum atomic E-state index is 12.7. The summed E-state index contributed by atoms with van der Waals surface area (Å²) >= 11 is 0. The molecule has 1 N–H and O–H groups in total. The summed E-state index contributed by atoms with van der Waals surface area (Å²) in [6.45, 7) is 5.72. The summed E-state index contributed by atoms with van der Waals surface area (Å²) in [6.07, 6.45) is 3.62. The highest BCUT2D eigenvalue weighted by Gasteiger charge is 2.43. The van der Waals surface area contributed by atoms with Crippen LogP contribution in [0.5, 0.6) is 0 Å². The van der Waals surface area contributed by atoms with Crippen molar-refractivity contribution in [3.05, 3.63) is 28.7 Å². The molecule has 1 amide bonds. The molecule has 0 aliphatic heterocycles. The molecule has 2 rings (SSSR count). The van der Waals surface area contributed by atoms with Crippen LogP contribution in [0.3, 0.4) is 0 Å². The minimum absolute atomic E-state index is 0.0622. The van der Waals surface area contributed by atoms with Crippen LogP contribution in [0.4, 0.5) is 0 Å². The molecule has 0 unspecified atom stereocenters. The predicted octanol–water partition coefficient (Wildman–Crippen LogP) is 1.12. The number of hydrogen-bond acceptors (Lipinski definition) is 6. The molecule has 168 valence electrons. The van der Waals surface area contributed by atoms with Gasteiger partial charge in [0.2, 0.25) is 15.9 Å². The molecular weight excluding hydrogens is 410 g/mol. The van der Waals surface area contributed by atoms with Crippen molar-refractivity contribution in [3.8, 4) is 0 Å². The second kappa shape index (κ2) is 9.74. The Morgan fingerprint density at radius 1 is 1.23 bits per heavy atom. The van der Waals surface area contributed by atoms with Crippen LogP contribution < -0.4 is 10.9 Å². The van der Waals surface area contributed by atoms with Crippen LogP contribution >= 0.6 is 0 Å². The topological polar surface area (TPSA) is 115 Å². The Hall–Kier alpha value is -2.20. The van der Waals surface area contributed by atoms with E-state index in [4.69, 9.17) is 4.74 Å². The van der Waals surface area contributed by atoms with E-state index in [1.54, 1.807) is 13.8 Å². The molecule has 30 heavy (non-hydrogen) atoms. The molecule has 1 aromatic heterocycles. The van der Waals surface area contributed by atoms with Gasteiger partial charge in [0.15, 0.2) is 0 Å². The number of rotatable bonds is 8. The molecule has 1 aliphatic carbocycles. The van der Waals surface area contributed by atoms with Crippen LogP contribution in [-0.2, 0) is 30.9 Å². The Kier molecular flexibility index (Phi) is 7.81. The van der Waals surface area contributed by atoms with Crippen molar-refractivity contribution in [2.24, 2.45) is 5.92 Å². The van der Waals surface area contributed by atoms with Crippen molar-refractivity contribution in [1.82, 2.24) is 14.2 Å². The maximum absolute atomic E-state index is 12.7. The summed E-state index contributed by atoms with van der Waals surface area (Å²) in [4.78, 5) is 37.3.